The van der Waals surface area contributed by atoms with Gasteiger partial charge in [0.1, 0.15) is 16.7 Å². The van der Waals surface area contributed by atoms with Crippen molar-refractivity contribution in [3.63, 3.8) is 0 Å². The summed E-state index contributed by atoms with van der Waals surface area (Å²) in [4.78, 5) is 42.3. The van der Waals surface area contributed by atoms with Crippen molar-refractivity contribution in [2.75, 3.05) is 42.8 Å². The monoisotopic (exact) mass is 540 g/mol. The SMILES string of the molecule is CN(C)c1ccc([C@@H](C(=O)NC[C@H]2CCCO2)N(C(=O)c2snc(C(N)=O)c2N)c2ccccc2F)cc1. The molecule has 12 heteroatoms. The Bertz CT molecular complexity index is 1320. The van der Waals surface area contributed by atoms with E-state index in [1.165, 1.54) is 18.2 Å². The smallest absolute Gasteiger partial charge is 0.273 e. The zero-order valence-corrected chi connectivity index (χ0v) is 21.8. The van der Waals surface area contributed by atoms with Crippen molar-refractivity contribution in [1.29, 1.82) is 0 Å². The highest BCUT2D eigenvalue weighted by Gasteiger charge is 2.37. The van der Waals surface area contributed by atoms with Gasteiger partial charge in [-0.3, -0.25) is 19.3 Å². The average molecular weight is 541 g/mol. The number of nitrogens with zero attached hydrogens (tertiary/aromatic N) is 3. The molecule has 1 aliphatic heterocycles. The molecule has 1 aliphatic rings. The van der Waals surface area contributed by atoms with Gasteiger partial charge in [-0.2, -0.15) is 4.37 Å². The van der Waals surface area contributed by atoms with Crippen LogP contribution in [0, 0.1) is 5.82 Å². The second kappa shape index (κ2) is 11.6. The first-order chi connectivity index (χ1) is 18.2. The number of anilines is 3. The van der Waals surface area contributed by atoms with Gasteiger partial charge in [-0.05, 0) is 54.2 Å². The molecule has 1 fully saturated rings. The zero-order chi connectivity index (χ0) is 27.4. The third kappa shape index (κ3) is 5.60. The van der Waals surface area contributed by atoms with Gasteiger partial charge in [-0.15, -0.1) is 0 Å². The van der Waals surface area contributed by atoms with E-state index in [9.17, 15) is 14.4 Å². The van der Waals surface area contributed by atoms with E-state index in [2.05, 4.69) is 9.69 Å². The summed E-state index contributed by atoms with van der Waals surface area (Å²) < 4.78 is 24.8. The molecular formula is C26H29FN6O4S. The van der Waals surface area contributed by atoms with Gasteiger partial charge in [0.05, 0.1) is 17.5 Å². The largest absolute Gasteiger partial charge is 0.395 e. The van der Waals surface area contributed by atoms with Gasteiger partial charge in [0.15, 0.2) is 5.69 Å². The number of hydrogen-bond acceptors (Lipinski definition) is 8. The number of rotatable bonds is 9. The van der Waals surface area contributed by atoms with E-state index in [1.54, 1.807) is 30.3 Å². The number of carbonyl (C=O) groups is 3. The van der Waals surface area contributed by atoms with Crippen LogP contribution in [0.3, 0.4) is 0 Å². The van der Waals surface area contributed by atoms with Crippen LogP contribution in [0.2, 0.25) is 0 Å². The summed E-state index contributed by atoms with van der Waals surface area (Å²) in [5.41, 5.74) is 12.1. The Morgan fingerprint density at radius 2 is 1.89 bits per heavy atom. The summed E-state index contributed by atoms with van der Waals surface area (Å²) in [6.45, 7) is 0.849. The summed E-state index contributed by atoms with van der Waals surface area (Å²) in [7, 11) is 3.75. The Hall–Kier alpha value is -4.03. The second-order valence-corrected chi connectivity index (χ2v) is 9.81. The zero-order valence-electron chi connectivity index (χ0n) is 21.0. The highest BCUT2D eigenvalue weighted by molar-refractivity contribution is 7.09. The van der Waals surface area contributed by atoms with Crippen LogP contribution in [0.1, 0.15) is 44.6 Å². The average Bonchev–Trinajstić information content (AvgIpc) is 3.56. The molecule has 2 aromatic carbocycles. The molecule has 2 atom stereocenters. The quantitative estimate of drug-likeness (QED) is 0.379. The lowest BCUT2D eigenvalue weighted by Crippen LogP contribution is -2.46. The van der Waals surface area contributed by atoms with Crippen LogP contribution in [0.25, 0.3) is 0 Å². The van der Waals surface area contributed by atoms with Gasteiger partial charge in [0.25, 0.3) is 11.8 Å². The molecule has 0 radical (unpaired) electrons. The van der Waals surface area contributed by atoms with E-state index in [4.69, 9.17) is 16.2 Å². The number of nitrogens with two attached hydrogens (primary N) is 2. The van der Waals surface area contributed by atoms with Crippen LogP contribution in [0.15, 0.2) is 48.5 Å². The molecule has 3 amide bonds. The predicted molar refractivity (Wildman–Crippen MR) is 144 cm³/mol. The number of primary amides is 1. The molecule has 1 saturated heterocycles. The van der Waals surface area contributed by atoms with Crippen molar-refractivity contribution in [2.45, 2.75) is 25.0 Å². The summed E-state index contributed by atoms with van der Waals surface area (Å²) >= 11 is 0.658. The van der Waals surface area contributed by atoms with Crippen molar-refractivity contribution < 1.29 is 23.5 Å². The number of carbonyl (C=O) groups excluding carboxylic acids is 3. The summed E-state index contributed by atoms with van der Waals surface area (Å²) in [5, 5.41) is 2.87. The van der Waals surface area contributed by atoms with Gasteiger partial charge in [-0.1, -0.05) is 24.3 Å². The van der Waals surface area contributed by atoms with Crippen LogP contribution < -0.4 is 26.6 Å². The molecule has 0 spiro atoms. The van der Waals surface area contributed by atoms with Crippen molar-refractivity contribution in [3.05, 3.63) is 70.5 Å². The van der Waals surface area contributed by atoms with E-state index in [0.717, 1.165) is 23.4 Å². The summed E-state index contributed by atoms with van der Waals surface area (Å²) in [6, 6.07) is 11.3. The lowest BCUT2D eigenvalue weighted by atomic mass is 10.0. The number of aromatic nitrogens is 1. The van der Waals surface area contributed by atoms with Crippen LogP contribution >= 0.6 is 11.5 Å². The Labute approximate surface area is 223 Å². The molecule has 0 bridgehead atoms. The molecular weight excluding hydrogens is 511 g/mol. The molecule has 2 heterocycles. The summed E-state index contributed by atoms with van der Waals surface area (Å²) in [5.74, 6) is -2.96. The molecule has 1 aromatic heterocycles. The Balaban J connectivity index is 1.83. The summed E-state index contributed by atoms with van der Waals surface area (Å²) in [6.07, 6.45) is 1.54. The molecule has 10 nitrogen and oxygen atoms in total. The minimum atomic E-state index is -1.28. The van der Waals surface area contributed by atoms with E-state index in [0.29, 0.717) is 23.7 Å². The van der Waals surface area contributed by atoms with Crippen LogP contribution in [0.5, 0.6) is 0 Å². The molecule has 200 valence electrons. The van der Waals surface area contributed by atoms with Gasteiger partial charge in [-0.25, -0.2) is 4.39 Å². The molecule has 0 aliphatic carbocycles. The number of halogens is 1. The Morgan fingerprint density at radius 1 is 1.18 bits per heavy atom. The van der Waals surface area contributed by atoms with Crippen molar-refractivity contribution in [2.24, 2.45) is 5.73 Å². The number of hydrogen-bond donors (Lipinski definition) is 3. The predicted octanol–water partition coefficient (Wildman–Crippen LogP) is 2.71. The van der Waals surface area contributed by atoms with Gasteiger partial charge in [0, 0.05) is 32.9 Å². The van der Waals surface area contributed by atoms with E-state index < -0.39 is 29.6 Å². The fraction of sp³-hybridized carbons (Fsp3) is 0.308. The normalized spacial score (nSPS) is 15.6. The number of nitrogen functional groups attached to an aromatic ring is 1. The van der Waals surface area contributed by atoms with E-state index in [1.807, 2.05) is 19.0 Å². The highest BCUT2D eigenvalue weighted by atomic mass is 32.1. The maximum Gasteiger partial charge on any atom is 0.273 e. The Morgan fingerprint density at radius 3 is 2.47 bits per heavy atom. The maximum absolute atomic E-state index is 15.2. The van der Waals surface area contributed by atoms with Crippen molar-refractivity contribution >= 4 is 46.3 Å². The first kappa shape index (κ1) is 27.0. The lowest BCUT2D eigenvalue weighted by molar-refractivity contribution is -0.123. The Kier molecular flexibility index (Phi) is 8.23. The molecule has 5 N–H and O–H groups in total. The van der Waals surface area contributed by atoms with Crippen molar-refractivity contribution in [3.8, 4) is 0 Å². The molecule has 0 saturated carbocycles. The molecule has 38 heavy (non-hydrogen) atoms. The number of nitrogens with one attached hydrogen (secondary N) is 1. The lowest BCUT2D eigenvalue weighted by Gasteiger charge is -2.32. The maximum atomic E-state index is 15.2. The fourth-order valence-electron chi connectivity index (χ4n) is 4.24. The van der Waals surface area contributed by atoms with Gasteiger partial charge < -0.3 is 26.4 Å². The van der Waals surface area contributed by atoms with Crippen LogP contribution in [-0.2, 0) is 9.53 Å². The number of ether oxygens (including phenoxy) is 1. The van der Waals surface area contributed by atoms with Crippen molar-refractivity contribution in [1.82, 2.24) is 9.69 Å². The molecule has 3 aromatic rings. The molecule has 0 unspecified atom stereocenters. The minimum Gasteiger partial charge on any atom is -0.395 e. The number of amides is 3. The number of benzene rings is 2. The van der Waals surface area contributed by atoms with Gasteiger partial charge >= 0.3 is 0 Å². The first-order valence-corrected chi connectivity index (χ1v) is 12.8. The van der Waals surface area contributed by atoms with Crippen LogP contribution in [-0.4, -0.2) is 55.4 Å². The fourth-order valence-corrected chi connectivity index (χ4v) is 4.98. The van der Waals surface area contributed by atoms with Gasteiger partial charge in [0.2, 0.25) is 5.91 Å². The minimum absolute atomic E-state index is 0.135. The standard InChI is InChI=1S/C26H29FN6O4S/c1-32(2)16-11-9-15(10-12-16)22(25(35)30-14-17-6-5-13-37-17)33(19-8-4-3-7-18(19)27)26(36)23-20(28)21(24(29)34)31-38-23/h3-4,7-12,17,22H,5-6,13-14,28H2,1-2H3,(H2,29,34)(H,30,35)/t17-,22+/m1/s1. The van der Waals surface area contributed by atoms with E-state index in [-0.39, 0.29) is 34.6 Å². The topological polar surface area (TPSA) is 144 Å². The number of para-hydroxylation sites is 1. The van der Waals surface area contributed by atoms with E-state index >= 15 is 4.39 Å². The third-order valence-corrected chi connectivity index (χ3v) is 7.10. The first-order valence-electron chi connectivity index (χ1n) is 12.0. The van der Waals surface area contributed by atoms with Crippen LogP contribution in [0.4, 0.5) is 21.5 Å². The highest BCUT2D eigenvalue weighted by Crippen LogP contribution is 2.35. The molecule has 4 rings (SSSR count). The third-order valence-electron chi connectivity index (χ3n) is 6.25. The second-order valence-electron chi connectivity index (χ2n) is 9.03.